The van der Waals surface area contributed by atoms with E-state index in [0.29, 0.717) is 17.5 Å². The lowest BCUT2D eigenvalue weighted by Gasteiger charge is -2.33. The largest absolute Gasteiger partial charge is 0.337 e. The van der Waals surface area contributed by atoms with Crippen LogP contribution in [0.2, 0.25) is 0 Å². The normalized spacial score (nSPS) is 26.9. The van der Waals surface area contributed by atoms with Crippen molar-refractivity contribution >= 4 is 0 Å². The smallest absolute Gasteiger partial charge is 0.247 e. The summed E-state index contributed by atoms with van der Waals surface area (Å²) in [5.41, 5.74) is 6.01. The van der Waals surface area contributed by atoms with Gasteiger partial charge in [-0.05, 0) is 31.6 Å². The summed E-state index contributed by atoms with van der Waals surface area (Å²) in [6, 6.07) is 0. The molecule has 0 aromatic carbocycles. The van der Waals surface area contributed by atoms with E-state index in [1.807, 2.05) is 17.8 Å². The van der Waals surface area contributed by atoms with Gasteiger partial charge < -0.3 is 14.8 Å². The molecular weight excluding hydrogens is 254 g/mol. The molecule has 0 saturated heterocycles. The third-order valence-electron chi connectivity index (χ3n) is 4.45. The fraction of sp³-hybridized carbons (Fsp3) is 0.643. The summed E-state index contributed by atoms with van der Waals surface area (Å²) in [6.45, 7) is 2.24. The van der Waals surface area contributed by atoms with E-state index < -0.39 is 5.54 Å². The molecule has 2 N–H and O–H groups in total. The van der Waals surface area contributed by atoms with Gasteiger partial charge in [0.1, 0.15) is 0 Å². The van der Waals surface area contributed by atoms with Crippen LogP contribution in [0.5, 0.6) is 0 Å². The maximum Gasteiger partial charge on any atom is 0.247 e. The van der Waals surface area contributed by atoms with Gasteiger partial charge in [-0.3, -0.25) is 0 Å². The Morgan fingerprint density at radius 3 is 2.80 bits per heavy atom. The van der Waals surface area contributed by atoms with Crippen molar-refractivity contribution in [1.29, 1.82) is 0 Å². The Kier molecular flexibility index (Phi) is 3.33. The van der Waals surface area contributed by atoms with Crippen LogP contribution in [-0.4, -0.2) is 19.7 Å². The molecule has 2 heterocycles. The predicted octanol–water partition coefficient (Wildman–Crippen LogP) is 2.22. The van der Waals surface area contributed by atoms with Crippen molar-refractivity contribution in [3.05, 3.63) is 18.3 Å². The summed E-state index contributed by atoms with van der Waals surface area (Å²) in [7, 11) is 1.91. The van der Waals surface area contributed by atoms with Crippen LogP contribution in [0.3, 0.4) is 0 Å². The van der Waals surface area contributed by atoms with Crippen molar-refractivity contribution in [3.8, 4) is 11.6 Å². The highest BCUT2D eigenvalue weighted by Crippen LogP contribution is 2.38. The highest BCUT2D eigenvalue weighted by Gasteiger charge is 2.38. The fourth-order valence-electron chi connectivity index (χ4n) is 2.91. The maximum absolute atomic E-state index is 6.48. The number of hydrogen-bond donors (Lipinski definition) is 1. The van der Waals surface area contributed by atoms with E-state index in [-0.39, 0.29) is 0 Å². The molecule has 0 atom stereocenters. The minimum absolute atomic E-state index is 0.470. The molecule has 6 heteroatoms. The van der Waals surface area contributed by atoms with E-state index in [9.17, 15) is 0 Å². The second kappa shape index (κ2) is 5.01. The molecular formula is C14H21N5O. The van der Waals surface area contributed by atoms with Crippen molar-refractivity contribution in [2.45, 2.75) is 44.6 Å². The third-order valence-corrected chi connectivity index (χ3v) is 4.45. The van der Waals surface area contributed by atoms with Gasteiger partial charge in [0.15, 0.2) is 5.82 Å². The van der Waals surface area contributed by atoms with Crippen LogP contribution < -0.4 is 5.73 Å². The molecule has 3 rings (SSSR count). The fourth-order valence-corrected chi connectivity index (χ4v) is 2.91. The van der Waals surface area contributed by atoms with E-state index in [0.717, 1.165) is 31.6 Å². The van der Waals surface area contributed by atoms with Crippen molar-refractivity contribution in [2.75, 3.05) is 0 Å². The van der Waals surface area contributed by atoms with Crippen LogP contribution in [0.25, 0.3) is 11.6 Å². The monoisotopic (exact) mass is 275 g/mol. The lowest BCUT2D eigenvalue weighted by Crippen LogP contribution is -2.40. The lowest BCUT2D eigenvalue weighted by molar-refractivity contribution is 0.181. The van der Waals surface area contributed by atoms with Gasteiger partial charge >= 0.3 is 0 Å². The van der Waals surface area contributed by atoms with Gasteiger partial charge in [0.25, 0.3) is 0 Å². The van der Waals surface area contributed by atoms with Crippen molar-refractivity contribution in [1.82, 2.24) is 19.7 Å². The van der Waals surface area contributed by atoms with Crippen molar-refractivity contribution in [3.63, 3.8) is 0 Å². The minimum atomic E-state index is -0.470. The van der Waals surface area contributed by atoms with E-state index in [2.05, 4.69) is 22.0 Å². The molecule has 1 aliphatic carbocycles. The Bertz CT molecular complexity index is 580. The zero-order valence-corrected chi connectivity index (χ0v) is 12.0. The molecule has 6 nitrogen and oxygen atoms in total. The summed E-state index contributed by atoms with van der Waals surface area (Å²) in [5, 5.41) is 4.03. The molecule has 0 radical (unpaired) electrons. The Labute approximate surface area is 118 Å². The van der Waals surface area contributed by atoms with E-state index in [1.165, 1.54) is 6.42 Å². The summed E-state index contributed by atoms with van der Waals surface area (Å²) in [5.74, 6) is 2.54. The van der Waals surface area contributed by atoms with Gasteiger partial charge in [0, 0.05) is 19.4 Å². The number of aromatic nitrogens is 4. The summed E-state index contributed by atoms with van der Waals surface area (Å²) in [4.78, 5) is 8.70. The quantitative estimate of drug-likeness (QED) is 0.928. The zero-order chi connectivity index (χ0) is 14.2. The van der Waals surface area contributed by atoms with Gasteiger partial charge in [-0.25, -0.2) is 4.98 Å². The van der Waals surface area contributed by atoms with Gasteiger partial charge in [0.2, 0.25) is 11.7 Å². The molecule has 1 aliphatic rings. The first kappa shape index (κ1) is 13.3. The number of nitrogens with zero attached hydrogens (tertiary/aromatic N) is 4. The van der Waals surface area contributed by atoms with Crippen LogP contribution in [0, 0.1) is 5.92 Å². The Morgan fingerprint density at radius 2 is 2.20 bits per heavy atom. The Morgan fingerprint density at radius 1 is 1.45 bits per heavy atom. The third kappa shape index (κ3) is 2.24. The van der Waals surface area contributed by atoms with Gasteiger partial charge in [0.05, 0.1) is 5.54 Å². The maximum atomic E-state index is 6.48. The van der Waals surface area contributed by atoms with Crippen LogP contribution >= 0.6 is 0 Å². The van der Waals surface area contributed by atoms with Crippen LogP contribution in [-0.2, 0) is 12.6 Å². The van der Waals surface area contributed by atoms with E-state index >= 15 is 0 Å². The molecule has 0 bridgehead atoms. The summed E-state index contributed by atoms with van der Waals surface area (Å²) < 4.78 is 7.28. The van der Waals surface area contributed by atoms with Crippen LogP contribution in [0.4, 0.5) is 0 Å². The number of hydrogen-bond acceptors (Lipinski definition) is 5. The van der Waals surface area contributed by atoms with E-state index in [4.69, 9.17) is 10.3 Å². The van der Waals surface area contributed by atoms with Crippen LogP contribution in [0.1, 0.15) is 44.9 Å². The number of imidazole rings is 1. The molecule has 0 unspecified atom stereocenters. The van der Waals surface area contributed by atoms with Crippen molar-refractivity contribution in [2.24, 2.45) is 18.7 Å². The first-order chi connectivity index (χ1) is 9.62. The second-order valence-corrected chi connectivity index (χ2v) is 5.79. The number of nitrogens with two attached hydrogens (primary N) is 1. The van der Waals surface area contributed by atoms with Gasteiger partial charge in [-0.15, -0.1) is 0 Å². The highest BCUT2D eigenvalue weighted by molar-refractivity contribution is 5.42. The molecule has 2 aromatic rings. The van der Waals surface area contributed by atoms with Gasteiger partial charge in [-0.2, -0.15) is 4.98 Å². The molecule has 2 aromatic heterocycles. The Hall–Kier alpha value is -1.69. The van der Waals surface area contributed by atoms with E-state index in [1.54, 1.807) is 6.20 Å². The molecule has 108 valence electrons. The molecule has 1 saturated carbocycles. The minimum Gasteiger partial charge on any atom is -0.337 e. The highest BCUT2D eigenvalue weighted by atomic mass is 16.5. The Balaban J connectivity index is 1.82. The predicted molar refractivity (Wildman–Crippen MR) is 74.6 cm³/mol. The van der Waals surface area contributed by atoms with Crippen LogP contribution in [0.15, 0.2) is 16.9 Å². The zero-order valence-electron chi connectivity index (χ0n) is 12.0. The first-order valence-electron chi connectivity index (χ1n) is 7.23. The number of aryl methyl sites for hydroxylation is 1. The van der Waals surface area contributed by atoms with Crippen molar-refractivity contribution < 1.29 is 4.52 Å². The molecule has 0 aliphatic heterocycles. The summed E-state index contributed by atoms with van der Waals surface area (Å²) in [6.07, 6.45) is 8.88. The first-order valence-corrected chi connectivity index (χ1v) is 7.23. The standard InChI is InChI=1S/C14H21N5O/c1-3-10-4-6-14(15,7-5-10)13-17-11(18-20-13)12-16-8-9-19(12)2/h8-10H,3-7,15H2,1-2H3. The summed E-state index contributed by atoms with van der Waals surface area (Å²) >= 11 is 0. The molecule has 20 heavy (non-hydrogen) atoms. The molecule has 0 amide bonds. The SMILES string of the molecule is CCC1CCC(N)(c2nc(-c3nccn3C)no2)CC1. The topological polar surface area (TPSA) is 82.8 Å². The second-order valence-electron chi connectivity index (χ2n) is 5.79. The lowest BCUT2D eigenvalue weighted by atomic mass is 9.76. The molecule has 0 spiro atoms. The average molecular weight is 275 g/mol. The number of rotatable bonds is 3. The van der Waals surface area contributed by atoms with Gasteiger partial charge in [-0.1, -0.05) is 18.5 Å². The average Bonchev–Trinajstić information content (AvgIpc) is 3.08. The molecule has 1 fully saturated rings.